The van der Waals surface area contributed by atoms with E-state index in [1.165, 1.54) is 21.2 Å². The van der Waals surface area contributed by atoms with Crippen LogP contribution in [0.1, 0.15) is 32.2 Å². The van der Waals surface area contributed by atoms with Gasteiger partial charge in [0.25, 0.3) is 0 Å². The zero-order valence-electron chi connectivity index (χ0n) is 15.4. The number of pyridine rings is 1. The Morgan fingerprint density at radius 3 is 2.33 bits per heavy atom. The molecule has 1 heterocycles. The topological polar surface area (TPSA) is 3.88 Å². The van der Waals surface area contributed by atoms with Crippen LogP contribution in [0.15, 0.2) is 36.5 Å². The van der Waals surface area contributed by atoms with E-state index in [0.29, 0.717) is 0 Å². The van der Waals surface area contributed by atoms with Crippen LogP contribution in [0.3, 0.4) is 0 Å². The molecule has 0 amide bonds. The molecule has 0 spiro atoms. The van der Waals surface area contributed by atoms with Crippen molar-refractivity contribution in [2.75, 3.05) is 0 Å². The van der Waals surface area contributed by atoms with Gasteiger partial charge in [0.15, 0.2) is 0 Å². The summed E-state index contributed by atoms with van der Waals surface area (Å²) in [5, 5.41) is 0. The average Bonchev–Trinajstić information content (AvgIpc) is 2.37. The van der Waals surface area contributed by atoms with E-state index >= 15 is 0 Å². The maximum atomic E-state index is 8.30. The Hall–Kier alpha value is -1.09. The van der Waals surface area contributed by atoms with Gasteiger partial charge in [0, 0.05) is 0 Å². The number of benzene rings is 1. The van der Waals surface area contributed by atoms with Crippen molar-refractivity contribution in [2.24, 2.45) is 7.05 Å². The Labute approximate surface area is 133 Å². The molecule has 0 saturated carbocycles. The molecular formula is C19H28GeN+. The molecule has 0 aliphatic heterocycles. The fourth-order valence-electron chi connectivity index (χ4n) is 2.51. The van der Waals surface area contributed by atoms with Crippen LogP contribution in [0.2, 0.25) is 17.3 Å². The van der Waals surface area contributed by atoms with Crippen molar-refractivity contribution >= 4 is 17.7 Å². The van der Waals surface area contributed by atoms with Gasteiger partial charge in [-0.25, -0.2) is 0 Å². The van der Waals surface area contributed by atoms with Crippen LogP contribution in [0.25, 0.3) is 11.3 Å². The zero-order chi connectivity index (χ0) is 16.7. The van der Waals surface area contributed by atoms with E-state index in [4.69, 9.17) is 1.37 Å². The fraction of sp³-hybridized carbons (Fsp3) is 0.421. The number of hydrogen-bond donors (Lipinski definition) is 0. The standard InChI is InChI=1S/C19H28GeN/c1-14(2)16-9-8-15(3)18(12-16)19-13-17(20(4,5)6)10-11-21(19)7/h8-14H,1-7H3/q+1/i14D. The monoisotopic (exact) mass is 345 g/mol. The summed E-state index contributed by atoms with van der Waals surface area (Å²) in [6.45, 7) is 6.05. The van der Waals surface area contributed by atoms with Crippen molar-refractivity contribution in [3.8, 4) is 11.3 Å². The van der Waals surface area contributed by atoms with Crippen molar-refractivity contribution in [1.29, 1.82) is 0 Å². The second kappa shape index (κ2) is 5.96. The molecule has 1 aromatic heterocycles. The second-order valence-electron chi connectivity index (χ2n) is 7.19. The van der Waals surface area contributed by atoms with E-state index in [1.807, 2.05) is 13.8 Å². The first kappa shape index (κ1) is 14.8. The summed E-state index contributed by atoms with van der Waals surface area (Å²) in [5.74, 6) is 6.71. The predicted molar refractivity (Wildman–Crippen MR) is 94.9 cm³/mol. The van der Waals surface area contributed by atoms with Crippen LogP contribution >= 0.6 is 0 Å². The van der Waals surface area contributed by atoms with Crippen LogP contribution in [-0.2, 0) is 7.05 Å². The minimum atomic E-state index is -1.85. The molecule has 0 bridgehead atoms. The minimum absolute atomic E-state index is 0.569. The molecule has 0 aliphatic rings. The molecule has 112 valence electrons. The van der Waals surface area contributed by atoms with E-state index in [1.54, 1.807) is 0 Å². The van der Waals surface area contributed by atoms with E-state index in [-0.39, 0.29) is 0 Å². The van der Waals surface area contributed by atoms with E-state index in [9.17, 15) is 0 Å². The Morgan fingerprint density at radius 1 is 1.10 bits per heavy atom. The van der Waals surface area contributed by atoms with Gasteiger partial charge in [0.2, 0.25) is 0 Å². The fourth-order valence-corrected chi connectivity index (χ4v) is 4.91. The van der Waals surface area contributed by atoms with Gasteiger partial charge in [-0.1, -0.05) is 0 Å². The second-order valence-corrected chi connectivity index (χ2v) is 17.8. The number of rotatable bonds is 3. The van der Waals surface area contributed by atoms with Crippen molar-refractivity contribution in [3.63, 3.8) is 0 Å². The zero-order valence-corrected chi connectivity index (χ0v) is 16.5. The summed E-state index contributed by atoms with van der Waals surface area (Å²) in [6, 6.07) is 11.1. The molecule has 0 fully saturated rings. The number of hydrogen-bond acceptors (Lipinski definition) is 0. The van der Waals surface area contributed by atoms with Crippen molar-refractivity contribution in [2.45, 2.75) is 43.9 Å². The molecule has 0 radical (unpaired) electrons. The molecule has 21 heavy (non-hydrogen) atoms. The van der Waals surface area contributed by atoms with Crippen molar-refractivity contribution in [3.05, 3.63) is 47.7 Å². The van der Waals surface area contributed by atoms with Gasteiger partial charge in [0.05, 0.1) is 0 Å². The Kier molecular flexibility index (Phi) is 4.21. The molecule has 2 heteroatoms. The molecule has 0 atom stereocenters. The number of aromatic nitrogens is 1. The van der Waals surface area contributed by atoms with Gasteiger partial charge in [-0.15, -0.1) is 0 Å². The Morgan fingerprint density at radius 2 is 1.76 bits per heavy atom. The van der Waals surface area contributed by atoms with Gasteiger partial charge in [-0.05, 0) is 0 Å². The Bertz CT molecular complexity index is 632. The molecule has 0 saturated heterocycles. The molecule has 1 aromatic carbocycles. The number of nitrogens with zero attached hydrogens (tertiary/aromatic N) is 1. The van der Waals surface area contributed by atoms with Gasteiger partial charge in [0.1, 0.15) is 0 Å². The summed E-state index contributed by atoms with van der Waals surface area (Å²) in [6.07, 6.45) is 2.18. The summed E-state index contributed by atoms with van der Waals surface area (Å²) in [4.78, 5) is 0. The molecule has 0 unspecified atom stereocenters. The summed E-state index contributed by atoms with van der Waals surface area (Å²) >= 11 is -1.85. The van der Waals surface area contributed by atoms with Gasteiger partial charge >= 0.3 is 133 Å². The first-order valence-electron chi connectivity index (χ1n) is 8.12. The van der Waals surface area contributed by atoms with E-state index in [2.05, 4.69) is 72.3 Å². The van der Waals surface area contributed by atoms with Crippen molar-refractivity contribution < 1.29 is 5.94 Å². The third-order valence-corrected chi connectivity index (χ3v) is 8.39. The molecule has 2 rings (SSSR count). The third kappa shape index (κ3) is 3.57. The van der Waals surface area contributed by atoms with Crippen LogP contribution in [0.5, 0.6) is 0 Å². The predicted octanol–water partition coefficient (Wildman–Crippen LogP) is 4.16. The first-order valence-corrected chi connectivity index (χ1v) is 15.0. The quantitative estimate of drug-likeness (QED) is 0.582. The van der Waals surface area contributed by atoms with E-state index in [0.717, 1.165) is 5.56 Å². The van der Waals surface area contributed by atoms with Crippen LogP contribution in [0.4, 0.5) is 0 Å². The normalized spacial score (nSPS) is 13.2. The first-order chi connectivity index (χ1) is 10.00. The summed E-state index contributed by atoms with van der Waals surface area (Å²) < 4.78 is 12.0. The molecule has 1 nitrogen and oxygen atoms in total. The molecular weight excluding hydrogens is 315 g/mol. The van der Waals surface area contributed by atoms with Crippen molar-refractivity contribution in [1.82, 2.24) is 0 Å². The van der Waals surface area contributed by atoms with Gasteiger partial charge in [-0.3, -0.25) is 0 Å². The molecule has 0 N–H and O–H groups in total. The van der Waals surface area contributed by atoms with Crippen LogP contribution < -0.4 is 8.96 Å². The molecule has 2 aromatic rings. The molecule has 0 aliphatic carbocycles. The Balaban J connectivity index is 2.66. The van der Waals surface area contributed by atoms with Gasteiger partial charge in [-0.2, -0.15) is 0 Å². The maximum absolute atomic E-state index is 8.30. The third-order valence-electron chi connectivity index (χ3n) is 4.11. The summed E-state index contributed by atoms with van der Waals surface area (Å²) in [5.41, 5.74) is 4.83. The van der Waals surface area contributed by atoms with Crippen LogP contribution in [-0.4, -0.2) is 13.3 Å². The summed E-state index contributed by atoms with van der Waals surface area (Å²) in [7, 11) is 2.10. The average molecular weight is 344 g/mol. The number of aryl methyl sites for hydroxylation is 2. The van der Waals surface area contributed by atoms with Crippen LogP contribution in [0, 0.1) is 6.92 Å². The van der Waals surface area contributed by atoms with E-state index < -0.39 is 19.2 Å². The SMILES string of the molecule is [2H]C(C)(C)c1ccc(C)c(-c2c[c]([Ge]([CH3])([CH3])[CH3])cc[n+]2C)c1. The van der Waals surface area contributed by atoms with Gasteiger partial charge < -0.3 is 0 Å².